The summed E-state index contributed by atoms with van der Waals surface area (Å²) in [7, 11) is 1.61. The van der Waals surface area contributed by atoms with Crippen molar-refractivity contribution < 1.29 is 9.53 Å². The lowest BCUT2D eigenvalue weighted by Gasteiger charge is -2.10. The number of allylic oxidation sites excluding steroid dienone is 1. The number of carbonyl (C=O) groups is 1. The molecule has 0 saturated carbocycles. The van der Waals surface area contributed by atoms with Crippen LogP contribution in [-0.2, 0) is 9.53 Å². The third kappa shape index (κ3) is 5.92. The Labute approximate surface area is 73.8 Å². The lowest BCUT2D eigenvalue weighted by molar-refractivity contribution is -0.117. The summed E-state index contributed by atoms with van der Waals surface area (Å²) in [4.78, 5) is 11.1. The predicted molar refractivity (Wildman–Crippen MR) is 48.9 cm³/mol. The van der Waals surface area contributed by atoms with Crippen molar-refractivity contribution in [2.24, 2.45) is 0 Å². The first-order chi connectivity index (χ1) is 5.56. The lowest BCUT2D eigenvalue weighted by Crippen LogP contribution is -2.34. The van der Waals surface area contributed by atoms with E-state index in [0.717, 1.165) is 5.57 Å². The van der Waals surface area contributed by atoms with E-state index >= 15 is 0 Å². The molecule has 0 saturated heterocycles. The van der Waals surface area contributed by atoms with E-state index in [2.05, 4.69) is 5.32 Å². The number of rotatable bonds is 4. The van der Waals surface area contributed by atoms with Crippen molar-refractivity contribution in [3.8, 4) is 0 Å². The number of nitrogens with one attached hydrogen (secondary N) is 1. The molecule has 3 nitrogen and oxygen atoms in total. The van der Waals surface area contributed by atoms with Gasteiger partial charge in [-0.1, -0.05) is 5.57 Å². The minimum atomic E-state index is -0.0560. The van der Waals surface area contributed by atoms with Crippen LogP contribution in [-0.4, -0.2) is 25.7 Å². The molecule has 1 amide bonds. The molecule has 0 fully saturated rings. The van der Waals surface area contributed by atoms with Crippen LogP contribution in [0.15, 0.2) is 11.6 Å². The van der Waals surface area contributed by atoms with Gasteiger partial charge in [0.25, 0.3) is 0 Å². The highest BCUT2D eigenvalue weighted by atomic mass is 16.5. The van der Waals surface area contributed by atoms with Crippen molar-refractivity contribution >= 4 is 5.91 Å². The van der Waals surface area contributed by atoms with Crippen LogP contribution in [0.2, 0.25) is 0 Å². The van der Waals surface area contributed by atoms with Crippen molar-refractivity contribution in [1.82, 2.24) is 5.32 Å². The first-order valence-corrected chi connectivity index (χ1v) is 4.00. The van der Waals surface area contributed by atoms with E-state index in [4.69, 9.17) is 4.74 Å². The first kappa shape index (κ1) is 11.2. The standard InChI is InChI=1S/C9H17NO2/c1-7(2)5-9(11)10-8(3)6-12-4/h5,8H,6H2,1-4H3,(H,10,11). The van der Waals surface area contributed by atoms with Gasteiger partial charge < -0.3 is 10.1 Å². The van der Waals surface area contributed by atoms with Gasteiger partial charge in [0, 0.05) is 19.2 Å². The van der Waals surface area contributed by atoms with Crippen molar-refractivity contribution in [2.75, 3.05) is 13.7 Å². The molecule has 0 rings (SSSR count). The van der Waals surface area contributed by atoms with Crippen molar-refractivity contribution in [1.29, 1.82) is 0 Å². The largest absolute Gasteiger partial charge is 0.383 e. The van der Waals surface area contributed by atoms with Gasteiger partial charge in [-0.2, -0.15) is 0 Å². The molecule has 1 atom stereocenters. The predicted octanol–water partition coefficient (Wildman–Crippen LogP) is 1.10. The molecule has 0 spiro atoms. The fourth-order valence-corrected chi connectivity index (χ4v) is 0.838. The van der Waals surface area contributed by atoms with E-state index in [1.54, 1.807) is 13.2 Å². The summed E-state index contributed by atoms with van der Waals surface area (Å²) in [5.41, 5.74) is 0.997. The van der Waals surface area contributed by atoms with Gasteiger partial charge in [0.05, 0.1) is 6.61 Å². The van der Waals surface area contributed by atoms with Crippen LogP contribution in [0.1, 0.15) is 20.8 Å². The minimum absolute atomic E-state index is 0.0560. The van der Waals surface area contributed by atoms with Crippen LogP contribution in [0.5, 0.6) is 0 Å². The summed E-state index contributed by atoms with van der Waals surface area (Å²) in [5.74, 6) is -0.0560. The van der Waals surface area contributed by atoms with Gasteiger partial charge in [0.15, 0.2) is 0 Å². The van der Waals surface area contributed by atoms with Gasteiger partial charge in [-0.3, -0.25) is 4.79 Å². The zero-order valence-electron chi connectivity index (χ0n) is 8.18. The maximum absolute atomic E-state index is 11.1. The van der Waals surface area contributed by atoms with E-state index in [9.17, 15) is 4.79 Å². The monoisotopic (exact) mass is 171 g/mol. The Bertz CT molecular complexity index is 171. The number of amides is 1. The molecule has 0 aliphatic heterocycles. The summed E-state index contributed by atoms with van der Waals surface area (Å²) < 4.78 is 4.87. The van der Waals surface area contributed by atoms with Gasteiger partial charge in [-0.15, -0.1) is 0 Å². The third-order valence-electron chi connectivity index (χ3n) is 1.23. The average Bonchev–Trinajstić information content (AvgIpc) is 1.84. The molecule has 1 unspecified atom stereocenters. The molecule has 0 heterocycles. The molecule has 70 valence electrons. The summed E-state index contributed by atoms with van der Waals surface area (Å²) >= 11 is 0. The Hall–Kier alpha value is -0.830. The van der Waals surface area contributed by atoms with Gasteiger partial charge in [0.1, 0.15) is 0 Å². The number of carbonyl (C=O) groups excluding carboxylic acids is 1. The second-order valence-electron chi connectivity index (χ2n) is 3.09. The normalized spacial score (nSPS) is 12.0. The van der Waals surface area contributed by atoms with Gasteiger partial charge in [0.2, 0.25) is 5.91 Å². The summed E-state index contributed by atoms with van der Waals surface area (Å²) in [6.45, 7) is 6.23. The molecule has 0 radical (unpaired) electrons. The SMILES string of the molecule is COCC(C)NC(=O)C=C(C)C. The maximum atomic E-state index is 11.1. The highest BCUT2D eigenvalue weighted by Crippen LogP contribution is 1.89. The zero-order valence-corrected chi connectivity index (χ0v) is 8.18. The van der Waals surface area contributed by atoms with Crippen LogP contribution < -0.4 is 5.32 Å². The van der Waals surface area contributed by atoms with E-state index in [1.807, 2.05) is 20.8 Å². The number of hydrogen-bond donors (Lipinski definition) is 1. The molecule has 12 heavy (non-hydrogen) atoms. The fraction of sp³-hybridized carbons (Fsp3) is 0.667. The molecule has 0 bridgehead atoms. The average molecular weight is 171 g/mol. The lowest BCUT2D eigenvalue weighted by atomic mass is 10.3. The first-order valence-electron chi connectivity index (χ1n) is 4.00. The smallest absolute Gasteiger partial charge is 0.244 e. The Morgan fingerprint density at radius 3 is 2.58 bits per heavy atom. The van der Waals surface area contributed by atoms with Crippen molar-refractivity contribution in [3.63, 3.8) is 0 Å². The summed E-state index contributed by atoms with van der Waals surface area (Å²) in [6.07, 6.45) is 1.58. The topological polar surface area (TPSA) is 38.3 Å². The highest BCUT2D eigenvalue weighted by molar-refractivity contribution is 5.88. The summed E-state index contributed by atoms with van der Waals surface area (Å²) in [6, 6.07) is 0.0677. The number of methoxy groups -OCH3 is 1. The minimum Gasteiger partial charge on any atom is -0.383 e. The molecule has 0 aromatic heterocycles. The maximum Gasteiger partial charge on any atom is 0.244 e. The Balaban J connectivity index is 3.77. The van der Waals surface area contributed by atoms with Gasteiger partial charge in [-0.25, -0.2) is 0 Å². The van der Waals surface area contributed by atoms with Crippen molar-refractivity contribution in [2.45, 2.75) is 26.8 Å². The molecule has 3 heteroatoms. The second-order valence-corrected chi connectivity index (χ2v) is 3.09. The van der Waals surface area contributed by atoms with E-state index in [-0.39, 0.29) is 11.9 Å². The molecular weight excluding hydrogens is 154 g/mol. The molecule has 0 aliphatic rings. The number of hydrogen-bond acceptors (Lipinski definition) is 2. The van der Waals surface area contributed by atoms with Gasteiger partial charge >= 0.3 is 0 Å². The van der Waals surface area contributed by atoms with Crippen LogP contribution in [0.3, 0.4) is 0 Å². The molecule has 0 aromatic carbocycles. The third-order valence-corrected chi connectivity index (χ3v) is 1.23. The van der Waals surface area contributed by atoms with Crippen LogP contribution in [0.25, 0.3) is 0 Å². The molecule has 0 aliphatic carbocycles. The van der Waals surface area contributed by atoms with E-state index in [0.29, 0.717) is 6.61 Å². The van der Waals surface area contributed by atoms with Gasteiger partial charge in [-0.05, 0) is 20.8 Å². The van der Waals surface area contributed by atoms with Crippen LogP contribution in [0, 0.1) is 0 Å². The Kier molecular flexibility index (Phi) is 5.37. The Morgan fingerprint density at radius 2 is 2.17 bits per heavy atom. The van der Waals surface area contributed by atoms with Crippen LogP contribution >= 0.6 is 0 Å². The highest BCUT2D eigenvalue weighted by Gasteiger charge is 2.02. The zero-order chi connectivity index (χ0) is 9.56. The van der Waals surface area contributed by atoms with Crippen LogP contribution in [0.4, 0.5) is 0 Å². The molecular formula is C9H17NO2. The summed E-state index contributed by atoms with van der Waals surface area (Å²) in [5, 5.41) is 2.77. The molecule has 1 N–H and O–H groups in total. The second kappa shape index (κ2) is 5.77. The van der Waals surface area contributed by atoms with Crippen molar-refractivity contribution in [3.05, 3.63) is 11.6 Å². The fourth-order valence-electron chi connectivity index (χ4n) is 0.838. The molecule has 0 aromatic rings. The van der Waals surface area contributed by atoms with E-state index < -0.39 is 0 Å². The van der Waals surface area contributed by atoms with E-state index in [1.165, 1.54) is 0 Å². The Morgan fingerprint density at radius 1 is 1.58 bits per heavy atom. The number of ether oxygens (including phenoxy) is 1. The quantitative estimate of drug-likeness (QED) is 0.643.